The molecule has 1 fully saturated rings. The summed E-state index contributed by atoms with van der Waals surface area (Å²) in [5.41, 5.74) is 1.75. The molecule has 1 atom stereocenters. The van der Waals surface area contributed by atoms with Crippen LogP contribution in [0.15, 0.2) is 72.1 Å². The number of carbonyl (C=O) groups excluding carboxylic acids is 1. The molecular weight excluding hydrogens is 462 g/mol. The quantitative estimate of drug-likeness (QED) is 0.548. The van der Waals surface area contributed by atoms with Crippen LogP contribution in [-0.2, 0) is 11.0 Å². The molecule has 0 saturated carbocycles. The van der Waals surface area contributed by atoms with Crippen LogP contribution in [0.25, 0.3) is 0 Å². The molecule has 0 bridgehead atoms. The maximum absolute atomic E-state index is 13.7. The predicted octanol–water partition coefficient (Wildman–Crippen LogP) is 4.68. The second kappa shape index (κ2) is 8.75. The fourth-order valence-electron chi connectivity index (χ4n) is 4.64. The molecule has 182 valence electrons. The van der Waals surface area contributed by atoms with Crippen molar-refractivity contribution in [3.8, 4) is 0 Å². The number of nitrogens with one attached hydrogen (secondary N) is 1. The summed E-state index contributed by atoms with van der Waals surface area (Å²) in [5, 5.41) is 7.54. The number of fused-ring (bicyclic) bond motifs is 1. The van der Waals surface area contributed by atoms with Crippen LogP contribution >= 0.6 is 0 Å². The van der Waals surface area contributed by atoms with E-state index >= 15 is 0 Å². The summed E-state index contributed by atoms with van der Waals surface area (Å²) in [6.07, 6.45) is -2.86. The average Bonchev–Trinajstić information content (AvgIpc) is 3.31. The predicted molar refractivity (Wildman–Crippen MR) is 123 cm³/mol. The molecule has 5 rings (SSSR count). The van der Waals surface area contributed by atoms with Crippen LogP contribution in [0.3, 0.4) is 0 Å². The van der Waals surface area contributed by atoms with Crippen molar-refractivity contribution < 1.29 is 22.4 Å². The number of halogens is 4. The maximum atomic E-state index is 13.7. The molecule has 0 radical (unpaired) electrons. The number of nitrogens with zero attached hydrogens (tertiary/aromatic N) is 4. The summed E-state index contributed by atoms with van der Waals surface area (Å²) in [4.78, 5) is 17.6. The molecule has 35 heavy (non-hydrogen) atoms. The zero-order valence-corrected chi connectivity index (χ0v) is 18.9. The molecule has 2 aromatic carbocycles. The van der Waals surface area contributed by atoms with Crippen molar-refractivity contribution in [2.45, 2.75) is 19.1 Å². The van der Waals surface area contributed by atoms with Crippen molar-refractivity contribution in [3.63, 3.8) is 0 Å². The molecule has 1 N–H and O–H groups in total. The Bertz CT molecular complexity index is 1260. The fourth-order valence-corrected chi connectivity index (χ4v) is 4.64. The molecule has 1 unspecified atom stereocenters. The molecule has 3 aromatic rings. The molecule has 1 saturated heterocycles. The molecule has 0 spiro atoms. The lowest BCUT2D eigenvalue weighted by Gasteiger charge is -2.38. The van der Waals surface area contributed by atoms with Gasteiger partial charge in [-0.25, -0.2) is 9.07 Å². The third kappa shape index (κ3) is 4.36. The van der Waals surface area contributed by atoms with E-state index in [2.05, 4.69) is 15.3 Å². The fraction of sp³-hybridized carbons (Fsp3) is 0.280. The first-order chi connectivity index (χ1) is 16.7. The largest absolute Gasteiger partial charge is 0.416 e. The van der Waals surface area contributed by atoms with Gasteiger partial charge in [0, 0.05) is 43.6 Å². The summed E-state index contributed by atoms with van der Waals surface area (Å²) in [7, 11) is 0. The van der Waals surface area contributed by atoms with Gasteiger partial charge in [-0.1, -0.05) is 12.1 Å². The van der Waals surface area contributed by atoms with E-state index < -0.39 is 17.8 Å². The lowest BCUT2D eigenvalue weighted by atomic mass is 9.93. The Kier molecular flexibility index (Phi) is 5.74. The highest BCUT2D eigenvalue weighted by atomic mass is 19.4. The Morgan fingerprint density at radius 2 is 1.63 bits per heavy atom. The number of rotatable bonds is 3. The van der Waals surface area contributed by atoms with E-state index in [1.54, 1.807) is 40.9 Å². The summed E-state index contributed by atoms with van der Waals surface area (Å²) >= 11 is 0. The molecule has 10 heteroatoms. The Morgan fingerprint density at radius 1 is 0.971 bits per heavy atom. The van der Waals surface area contributed by atoms with Crippen LogP contribution in [0.1, 0.15) is 24.1 Å². The monoisotopic (exact) mass is 485 g/mol. The first kappa shape index (κ1) is 22.9. The first-order valence-electron chi connectivity index (χ1n) is 11.2. The van der Waals surface area contributed by atoms with Crippen molar-refractivity contribution in [1.82, 2.24) is 14.7 Å². The van der Waals surface area contributed by atoms with Gasteiger partial charge >= 0.3 is 6.18 Å². The second-order valence-electron chi connectivity index (χ2n) is 8.60. The van der Waals surface area contributed by atoms with Gasteiger partial charge in [0.1, 0.15) is 17.7 Å². The highest BCUT2D eigenvalue weighted by Crippen LogP contribution is 2.38. The SMILES string of the molecule is CC1=C(C(=O)N2CCN(c3ccc(F)cc3)CC2)C(c2ccc(C(F)(F)F)cc2)n2nccc2N1. The molecule has 2 aliphatic heterocycles. The zero-order chi connectivity index (χ0) is 24.7. The van der Waals surface area contributed by atoms with Crippen molar-refractivity contribution in [2.75, 3.05) is 36.4 Å². The highest BCUT2D eigenvalue weighted by Gasteiger charge is 2.37. The summed E-state index contributed by atoms with van der Waals surface area (Å²) in [6, 6.07) is 12.2. The molecule has 6 nitrogen and oxygen atoms in total. The van der Waals surface area contributed by atoms with E-state index in [4.69, 9.17) is 0 Å². The van der Waals surface area contributed by atoms with Crippen LogP contribution < -0.4 is 10.2 Å². The second-order valence-corrected chi connectivity index (χ2v) is 8.60. The summed E-state index contributed by atoms with van der Waals surface area (Å²) < 4.78 is 54.2. The van der Waals surface area contributed by atoms with Crippen LogP contribution in [0.2, 0.25) is 0 Å². The number of benzene rings is 2. The number of anilines is 2. The van der Waals surface area contributed by atoms with E-state index in [0.717, 1.165) is 17.8 Å². The summed E-state index contributed by atoms with van der Waals surface area (Å²) in [5.74, 6) is 0.159. The standard InChI is InChI=1S/C25H23F4N5O/c1-16-22(24(35)33-14-12-32(13-15-33)20-8-6-19(26)7-9-20)23(34-21(31-16)10-11-30-34)17-2-4-18(5-3-17)25(27,28)29/h2-11,23,31H,12-15H2,1H3. The van der Waals surface area contributed by atoms with Crippen LogP contribution in [-0.4, -0.2) is 46.8 Å². The van der Waals surface area contributed by atoms with E-state index in [1.165, 1.54) is 24.3 Å². The van der Waals surface area contributed by atoms with Gasteiger partial charge in [-0.2, -0.15) is 18.3 Å². The third-order valence-corrected chi connectivity index (χ3v) is 6.45. The van der Waals surface area contributed by atoms with Crippen molar-refractivity contribution in [3.05, 3.63) is 89.0 Å². The molecule has 1 aromatic heterocycles. The Morgan fingerprint density at radius 3 is 2.26 bits per heavy atom. The van der Waals surface area contributed by atoms with Gasteiger partial charge in [0.2, 0.25) is 0 Å². The van der Waals surface area contributed by atoms with Crippen LogP contribution in [0.4, 0.5) is 29.1 Å². The van der Waals surface area contributed by atoms with Crippen LogP contribution in [0.5, 0.6) is 0 Å². The first-order valence-corrected chi connectivity index (χ1v) is 11.2. The van der Waals surface area contributed by atoms with Crippen molar-refractivity contribution in [1.29, 1.82) is 0 Å². The Hall–Kier alpha value is -3.82. The molecule has 2 aliphatic rings. The Labute approximate surface area is 199 Å². The molecule has 1 amide bonds. The lowest BCUT2D eigenvalue weighted by Crippen LogP contribution is -2.50. The van der Waals surface area contributed by atoms with Gasteiger partial charge < -0.3 is 15.1 Å². The smallest absolute Gasteiger partial charge is 0.368 e. The summed E-state index contributed by atoms with van der Waals surface area (Å²) in [6.45, 7) is 3.86. The van der Waals surface area contributed by atoms with Gasteiger partial charge in [0.25, 0.3) is 5.91 Å². The molecule has 0 aliphatic carbocycles. The lowest BCUT2D eigenvalue weighted by molar-refractivity contribution is -0.137. The van der Waals surface area contributed by atoms with E-state index in [1.807, 2.05) is 0 Å². The minimum atomic E-state index is -4.45. The van der Waals surface area contributed by atoms with Gasteiger partial charge in [-0.05, 0) is 48.9 Å². The number of aromatic nitrogens is 2. The number of piperazine rings is 1. The number of allylic oxidation sites excluding steroid dienone is 1. The van der Waals surface area contributed by atoms with Crippen molar-refractivity contribution in [2.24, 2.45) is 0 Å². The van der Waals surface area contributed by atoms with Gasteiger partial charge in [-0.15, -0.1) is 0 Å². The van der Waals surface area contributed by atoms with Gasteiger partial charge in [0.05, 0.1) is 17.3 Å². The number of hydrogen-bond acceptors (Lipinski definition) is 4. The molecular formula is C25H23F4N5O. The highest BCUT2D eigenvalue weighted by molar-refractivity contribution is 5.97. The van der Waals surface area contributed by atoms with Gasteiger partial charge in [-0.3, -0.25) is 4.79 Å². The average molecular weight is 485 g/mol. The maximum Gasteiger partial charge on any atom is 0.416 e. The van der Waals surface area contributed by atoms with E-state index in [9.17, 15) is 22.4 Å². The number of alkyl halides is 3. The van der Waals surface area contributed by atoms with E-state index in [-0.39, 0.29) is 11.7 Å². The van der Waals surface area contributed by atoms with Crippen molar-refractivity contribution >= 4 is 17.4 Å². The van der Waals surface area contributed by atoms with Gasteiger partial charge in [0.15, 0.2) is 0 Å². The minimum Gasteiger partial charge on any atom is -0.368 e. The third-order valence-electron chi connectivity index (χ3n) is 6.45. The Balaban J connectivity index is 1.41. The minimum absolute atomic E-state index is 0.195. The zero-order valence-electron chi connectivity index (χ0n) is 18.9. The number of amides is 1. The number of hydrogen-bond donors (Lipinski definition) is 1. The van der Waals surface area contributed by atoms with E-state index in [0.29, 0.717) is 48.8 Å². The molecule has 3 heterocycles. The normalized spacial score (nSPS) is 18.4. The van der Waals surface area contributed by atoms with Crippen LogP contribution in [0, 0.1) is 5.82 Å². The topological polar surface area (TPSA) is 53.4 Å². The number of carbonyl (C=O) groups is 1.